The van der Waals surface area contributed by atoms with E-state index in [9.17, 15) is 19.2 Å². The van der Waals surface area contributed by atoms with E-state index >= 15 is 0 Å². The van der Waals surface area contributed by atoms with Crippen molar-refractivity contribution in [2.75, 3.05) is 13.3 Å². The van der Waals surface area contributed by atoms with Crippen LogP contribution in [-0.4, -0.2) is 77.8 Å². The molecule has 8 N–H and O–H groups in total. The Morgan fingerprint density at radius 1 is 0.791 bits per heavy atom. The van der Waals surface area contributed by atoms with Gasteiger partial charge in [0.05, 0.1) is 30.3 Å². The topological polar surface area (TPSA) is 224 Å². The molecule has 1 rings (SSSR count). The number of benzene rings is 1. The summed E-state index contributed by atoms with van der Waals surface area (Å²) in [5.41, 5.74) is 15.0. The Bertz CT molecular complexity index is 855. The van der Waals surface area contributed by atoms with Gasteiger partial charge in [-0.05, 0) is 87.8 Å². The number of carbonyl (C=O) groups excluding carboxylic acids is 4. The molecular formula is C30H57N3O10. The molecule has 0 bridgehead atoms. The van der Waals surface area contributed by atoms with Gasteiger partial charge in [0, 0.05) is 0 Å². The van der Waals surface area contributed by atoms with E-state index < -0.39 is 24.3 Å². The number of ether oxygens (including phenoxy) is 4. The van der Waals surface area contributed by atoms with Gasteiger partial charge in [0.15, 0.2) is 6.79 Å². The molecule has 13 nitrogen and oxygen atoms in total. The van der Waals surface area contributed by atoms with Crippen LogP contribution in [0.15, 0.2) is 30.3 Å². The van der Waals surface area contributed by atoms with Gasteiger partial charge >= 0.3 is 23.9 Å². The minimum absolute atomic E-state index is 0.0296. The summed E-state index contributed by atoms with van der Waals surface area (Å²) in [6.45, 7) is 18.8. The first kappa shape index (κ1) is 46.7. The standard InChI is InChI=1S/C7H15NO2.C6H13NO2.C6H12O3.C6H6O.C5H11NO2/c1-4-6(8)7(9)10-5(2)3;1-4(2)9-6(8)5(3)7;1-6(2,3)5(8)9-4-7;7-6-4-2-1-3-5-6;1-4(2)8-5(7)3-6/h5-6H,4,8H2,1-3H3;4-5H,7H2,1-3H3;7H,4H2,1-3H3;1-5,7H;4H,3,6H2,1-2H3. The van der Waals surface area contributed by atoms with Gasteiger partial charge < -0.3 is 46.4 Å². The number of aliphatic hydroxyl groups excluding tert-OH is 1. The van der Waals surface area contributed by atoms with E-state index in [0.717, 1.165) is 0 Å². The maximum absolute atomic E-state index is 10.8. The third-order valence-corrected chi connectivity index (χ3v) is 3.92. The Labute approximate surface area is 257 Å². The number of phenols is 1. The van der Waals surface area contributed by atoms with Crippen LogP contribution in [0.3, 0.4) is 0 Å². The molecule has 0 fully saturated rings. The van der Waals surface area contributed by atoms with Gasteiger partial charge in [0.2, 0.25) is 0 Å². The normalized spacial score (nSPS) is 11.4. The smallest absolute Gasteiger partial charge is 0.323 e. The number of hydrogen-bond donors (Lipinski definition) is 5. The van der Waals surface area contributed by atoms with Crippen molar-refractivity contribution < 1.29 is 48.3 Å². The van der Waals surface area contributed by atoms with Crippen molar-refractivity contribution in [3.63, 3.8) is 0 Å². The van der Waals surface area contributed by atoms with Crippen molar-refractivity contribution in [1.29, 1.82) is 0 Å². The van der Waals surface area contributed by atoms with E-state index in [2.05, 4.69) is 9.47 Å². The monoisotopic (exact) mass is 619 g/mol. The predicted octanol–water partition coefficient (Wildman–Crippen LogP) is 2.77. The van der Waals surface area contributed by atoms with E-state index in [1.807, 2.05) is 13.0 Å². The molecule has 2 atom stereocenters. The molecule has 1 aromatic carbocycles. The maximum Gasteiger partial charge on any atom is 0.323 e. The SMILES string of the molecule is CC(C)(C)C(=O)OCO.CC(C)OC(=O)C(C)N.CC(C)OC(=O)CN.CCC(N)C(=O)OC(C)C.Oc1ccccc1. The van der Waals surface area contributed by atoms with Gasteiger partial charge in [-0.1, -0.05) is 25.1 Å². The first-order chi connectivity index (χ1) is 19.7. The Kier molecular flexibility index (Phi) is 29.9. The van der Waals surface area contributed by atoms with Crippen molar-refractivity contribution in [3.05, 3.63) is 30.3 Å². The van der Waals surface area contributed by atoms with Gasteiger partial charge in [-0.15, -0.1) is 0 Å². The summed E-state index contributed by atoms with van der Waals surface area (Å²) < 4.78 is 18.5. The third kappa shape index (κ3) is 36.7. The number of para-hydroxylation sites is 1. The predicted molar refractivity (Wildman–Crippen MR) is 165 cm³/mol. The average molecular weight is 620 g/mol. The lowest BCUT2D eigenvalue weighted by Gasteiger charge is -2.14. The fourth-order valence-electron chi connectivity index (χ4n) is 1.84. The highest BCUT2D eigenvalue weighted by Gasteiger charge is 2.22. The van der Waals surface area contributed by atoms with E-state index in [4.69, 9.17) is 36.9 Å². The maximum atomic E-state index is 10.8. The summed E-state index contributed by atoms with van der Waals surface area (Å²) in [5, 5.41) is 16.8. The van der Waals surface area contributed by atoms with Gasteiger partial charge in [0.25, 0.3) is 0 Å². The molecule has 0 amide bonds. The number of phenolic OH excluding ortho intramolecular Hbond substituents is 1. The van der Waals surface area contributed by atoms with E-state index in [1.165, 1.54) is 0 Å². The molecule has 2 unspecified atom stereocenters. The van der Waals surface area contributed by atoms with Crippen LogP contribution in [-0.2, 0) is 38.1 Å². The molecule has 0 spiro atoms. The van der Waals surface area contributed by atoms with Crippen LogP contribution in [0.1, 0.15) is 82.6 Å². The highest BCUT2D eigenvalue weighted by molar-refractivity contribution is 5.76. The molecule has 43 heavy (non-hydrogen) atoms. The summed E-state index contributed by atoms with van der Waals surface area (Å²) in [4.78, 5) is 42.4. The highest BCUT2D eigenvalue weighted by atomic mass is 16.6. The molecule has 0 heterocycles. The minimum atomic E-state index is -0.532. The molecule has 0 saturated heterocycles. The molecule has 13 heteroatoms. The zero-order valence-electron chi connectivity index (χ0n) is 27.8. The van der Waals surface area contributed by atoms with E-state index in [-0.39, 0.29) is 48.7 Å². The quantitative estimate of drug-likeness (QED) is 0.160. The van der Waals surface area contributed by atoms with Crippen molar-refractivity contribution in [2.45, 2.75) is 113 Å². The number of hydrogen-bond acceptors (Lipinski definition) is 13. The number of carbonyl (C=O) groups is 4. The summed E-state index contributed by atoms with van der Waals surface area (Å²) in [5.74, 6) is -1.06. The fraction of sp³-hybridized carbons (Fsp3) is 0.667. The summed E-state index contributed by atoms with van der Waals surface area (Å²) in [6.07, 6.45) is 0.450. The van der Waals surface area contributed by atoms with Gasteiger partial charge in [0.1, 0.15) is 17.8 Å². The van der Waals surface area contributed by atoms with Crippen LogP contribution in [0, 0.1) is 5.41 Å². The zero-order valence-corrected chi connectivity index (χ0v) is 27.8. The third-order valence-electron chi connectivity index (χ3n) is 3.92. The first-order valence-corrected chi connectivity index (χ1v) is 14.0. The molecular weight excluding hydrogens is 562 g/mol. The number of nitrogens with two attached hydrogens (primary N) is 3. The molecule has 0 aliphatic carbocycles. The number of aromatic hydroxyl groups is 1. The van der Waals surface area contributed by atoms with Crippen LogP contribution in [0.25, 0.3) is 0 Å². The van der Waals surface area contributed by atoms with Gasteiger partial charge in [-0.25, -0.2) is 0 Å². The van der Waals surface area contributed by atoms with Crippen LogP contribution >= 0.6 is 0 Å². The summed E-state index contributed by atoms with van der Waals surface area (Å²) in [7, 11) is 0. The highest BCUT2D eigenvalue weighted by Crippen LogP contribution is 2.14. The van der Waals surface area contributed by atoms with Crippen molar-refractivity contribution in [2.24, 2.45) is 22.6 Å². The van der Waals surface area contributed by atoms with Gasteiger partial charge in [-0.3, -0.25) is 19.2 Å². The van der Waals surface area contributed by atoms with E-state index in [0.29, 0.717) is 12.2 Å². The molecule has 0 aromatic heterocycles. The van der Waals surface area contributed by atoms with Crippen molar-refractivity contribution in [3.8, 4) is 5.75 Å². The zero-order chi connectivity index (χ0) is 34.8. The molecule has 252 valence electrons. The Balaban J connectivity index is -0.000000222. The largest absolute Gasteiger partial charge is 0.508 e. The number of esters is 4. The second-order valence-electron chi connectivity index (χ2n) is 10.7. The van der Waals surface area contributed by atoms with Crippen LogP contribution in [0.4, 0.5) is 0 Å². The van der Waals surface area contributed by atoms with Crippen LogP contribution in [0.5, 0.6) is 5.75 Å². The average Bonchev–Trinajstić information content (AvgIpc) is 2.88. The lowest BCUT2D eigenvalue weighted by molar-refractivity contribution is -0.161. The minimum Gasteiger partial charge on any atom is -0.508 e. The number of rotatable bonds is 8. The van der Waals surface area contributed by atoms with Crippen molar-refractivity contribution >= 4 is 23.9 Å². The summed E-state index contributed by atoms with van der Waals surface area (Å²) in [6, 6.07) is 7.75. The second kappa shape index (κ2) is 27.6. The Hall–Kier alpha value is -3.26. The lowest BCUT2D eigenvalue weighted by atomic mass is 9.98. The van der Waals surface area contributed by atoms with E-state index in [1.54, 1.807) is 93.5 Å². The second-order valence-corrected chi connectivity index (χ2v) is 10.7. The van der Waals surface area contributed by atoms with Crippen LogP contribution < -0.4 is 17.2 Å². The molecule has 0 saturated carbocycles. The number of aliphatic hydroxyl groups is 1. The first-order valence-electron chi connectivity index (χ1n) is 14.0. The molecule has 0 aliphatic heterocycles. The van der Waals surface area contributed by atoms with Gasteiger partial charge in [-0.2, -0.15) is 0 Å². The Morgan fingerprint density at radius 2 is 1.21 bits per heavy atom. The Morgan fingerprint density at radius 3 is 1.40 bits per heavy atom. The molecule has 0 radical (unpaired) electrons. The fourth-order valence-corrected chi connectivity index (χ4v) is 1.84. The molecule has 1 aromatic rings. The summed E-state index contributed by atoms with van der Waals surface area (Å²) >= 11 is 0. The van der Waals surface area contributed by atoms with Crippen molar-refractivity contribution in [1.82, 2.24) is 0 Å². The lowest BCUT2D eigenvalue weighted by Crippen LogP contribution is -2.32. The van der Waals surface area contributed by atoms with Crippen LogP contribution in [0.2, 0.25) is 0 Å². The molecule has 0 aliphatic rings.